The molecule has 3 N–H and O–H groups in total. The topological polar surface area (TPSA) is 108 Å². The lowest BCUT2D eigenvalue weighted by Gasteiger charge is -2.38. The van der Waals surface area contributed by atoms with Crippen LogP contribution in [0.15, 0.2) is 0 Å². The number of fused-ring (bicyclic) bond motifs is 1. The Morgan fingerprint density at radius 3 is 2.38 bits per heavy atom. The van der Waals surface area contributed by atoms with Crippen LogP contribution in [-0.4, -0.2) is 70.7 Å². The number of carbonyl (C=O) groups is 3. The standard InChI is InChI=1S/C24H41N3O5/c1-8-23-10-11-24(32-23)16(15(23)18(29)25-7)20(31)27(12-9-13-28)17(24)19(30)26-22(5,6)14-21(2,3)4/h15-17,28H,8-14H2,1-7H3,(H,25,29)(H,26,30)/t15-,16-,17?,23+,24?/m0/s1. The predicted molar refractivity (Wildman–Crippen MR) is 121 cm³/mol. The van der Waals surface area contributed by atoms with E-state index >= 15 is 0 Å². The molecular formula is C24H41N3O5. The first-order chi connectivity index (χ1) is 14.8. The van der Waals surface area contributed by atoms with Gasteiger partial charge in [-0.1, -0.05) is 27.7 Å². The van der Waals surface area contributed by atoms with E-state index in [4.69, 9.17) is 4.74 Å². The molecule has 3 saturated heterocycles. The third kappa shape index (κ3) is 3.94. The van der Waals surface area contributed by atoms with Crippen LogP contribution in [-0.2, 0) is 19.1 Å². The molecule has 0 aromatic rings. The van der Waals surface area contributed by atoms with Crippen LogP contribution in [0.5, 0.6) is 0 Å². The quantitative estimate of drug-likeness (QED) is 0.520. The van der Waals surface area contributed by atoms with E-state index in [1.807, 2.05) is 20.8 Å². The summed E-state index contributed by atoms with van der Waals surface area (Å²) in [5.41, 5.74) is -2.20. The number of aliphatic hydroxyl groups is 1. The van der Waals surface area contributed by atoms with Crippen molar-refractivity contribution < 1.29 is 24.2 Å². The van der Waals surface area contributed by atoms with Gasteiger partial charge in [0.25, 0.3) is 0 Å². The Bertz CT molecular complexity index is 776. The van der Waals surface area contributed by atoms with Crippen molar-refractivity contribution in [3.05, 3.63) is 0 Å². The summed E-state index contributed by atoms with van der Waals surface area (Å²) in [6.07, 6.45) is 2.96. The second-order valence-electron chi connectivity index (χ2n) is 11.7. The summed E-state index contributed by atoms with van der Waals surface area (Å²) in [7, 11) is 1.58. The molecule has 0 aliphatic carbocycles. The maximum atomic E-state index is 13.8. The summed E-state index contributed by atoms with van der Waals surface area (Å²) in [5, 5.41) is 15.3. The van der Waals surface area contributed by atoms with Crippen molar-refractivity contribution in [2.45, 2.75) is 96.4 Å². The largest absolute Gasteiger partial charge is 0.396 e. The summed E-state index contributed by atoms with van der Waals surface area (Å²) in [6.45, 7) is 12.5. The minimum Gasteiger partial charge on any atom is -0.396 e. The van der Waals surface area contributed by atoms with Crippen LogP contribution >= 0.6 is 0 Å². The molecule has 8 heteroatoms. The molecule has 32 heavy (non-hydrogen) atoms. The summed E-state index contributed by atoms with van der Waals surface area (Å²) < 4.78 is 6.64. The molecule has 3 aliphatic rings. The van der Waals surface area contributed by atoms with Gasteiger partial charge in [-0.3, -0.25) is 14.4 Å². The lowest BCUT2D eigenvalue weighted by molar-refractivity contribution is -0.148. The second kappa shape index (κ2) is 8.28. The van der Waals surface area contributed by atoms with Gasteiger partial charge >= 0.3 is 0 Å². The monoisotopic (exact) mass is 451 g/mol. The van der Waals surface area contributed by atoms with Crippen LogP contribution in [0.2, 0.25) is 0 Å². The molecule has 0 saturated carbocycles. The van der Waals surface area contributed by atoms with Gasteiger partial charge in [0.2, 0.25) is 17.7 Å². The molecule has 182 valence electrons. The Hall–Kier alpha value is -1.67. The first kappa shape index (κ1) is 25.0. The highest BCUT2D eigenvalue weighted by Crippen LogP contribution is 2.64. The molecule has 3 amide bonds. The molecule has 0 radical (unpaired) electrons. The number of rotatable bonds is 8. The van der Waals surface area contributed by atoms with Crippen molar-refractivity contribution in [2.24, 2.45) is 17.3 Å². The molecule has 3 aliphatic heterocycles. The minimum absolute atomic E-state index is 0.0125. The highest BCUT2D eigenvalue weighted by Gasteiger charge is 2.78. The van der Waals surface area contributed by atoms with Gasteiger partial charge in [0.15, 0.2) is 0 Å². The molecule has 2 bridgehead atoms. The highest BCUT2D eigenvalue weighted by atomic mass is 16.5. The molecule has 2 unspecified atom stereocenters. The SMILES string of the molecule is CC[C@]12CCC3(O1)C(C(=O)NC(C)(C)CC(C)(C)C)N(CCCO)C(=O)[C@@H]3[C@H]2C(=O)NC. The van der Waals surface area contributed by atoms with Gasteiger partial charge in [-0.25, -0.2) is 0 Å². The zero-order valence-electron chi connectivity index (χ0n) is 20.7. The number of hydrogen-bond donors (Lipinski definition) is 3. The first-order valence-corrected chi connectivity index (χ1v) is 11.9. The van der Waals surface area contributed by atoms with Crippen molar-refractivity contribution in [2.75, 3.05) is 20.2 Å². The van der Waals surface area contributed by atoms with Gasteiger partial charge in [-0.2, -0.15) is 0 Å². The minimum atomic E-state index is -1.01. The number of amides is 3. The maximum absolute atomic E-state index is 13.8. The van der Waals surface area contributed by atoms with Crippen LogP contribution < -0.4 is 10.6 Å². The number of ether oxygens (including phenoxy) is 1. The number of nitrogens with zero attached hydrogens (tertiary/aromatic N) is 1. The number of aliphatic hydroxyl groups excluding tert-OH is 1. The average Bonchev–Trinajstić information content (AvgIpc) is 3.27. The summed E-state index contributed by atoms with van der Waals surface area (Å²) in [6, 6.07) is -0.811. The molecule has 0 aromatic heterocycles. The Labute approximate surface area is 191 Å². The average molecular weight is 452 g/mol. The van der Waals surface area contributed by atoms with E-state index in [9.17, 15) is 19.5 Å². The smallest absolute Gasteiger partial charge is 0.246 e. The zero-order chi connectivity index (χ0) is 24.1. The first-order valence-electron chi connectivity index (χ1n) is 11.9. The van der Waals surface area contributed by atoms with Gasteiger partial charge in [-0.15, -0.1) is 0 Å². The molecule has 1 spiro atoms. The zero-order valence-corrected chi connectivity index (χ0v) is 20.7. The van der Waals surface area contributed by atoms with Gasteiger partial charge in [0.1, 0.15) is 11.6 Å². The summed E-state index contributed by atoms with van der Waals surface area (Å²) >= 11 is 0. The summed E-state index contributed by atoms with van der Waals surface area (Å²) in [4.78, 5) is 42.0. The molecular weight excluding hydrogens is 410 g/mol. The predicted octanol–water partition coefficient (Wildman–Crippen LogP) is 1.60. The van der Waals surface area contributed by atoms with Crippen LogP contribution in [0.25, 0.3) is 0 Å². The number of hydrogen-bond acceptors (Lipinski definition) is 5. The molecule has 3 heterocycles. The molecule has 0 aromatic carbocycles. The van der Waals surface area contributed by atoms with Gasteiger partial charge < -0.3 is 25.4 Å². The fraction of sp³-hybridized carbons (Fsp3) is 0.875. The van der Waals surface area contributed by atoms with Crippen LogP contribution in [0.4, 0.5) is 0 Å². The van der Waals surface area contributed by atoms with Crippen molar-refractivity contribution in [3.63, 3.8) is 0 Å². The van der Waals surface area contributed by atoms with E-state index in [1.165, 1.54) is 0 Å². The van der Waals surface area contributed by atoms with E-state index in [-0.39, 0.29) is 36.3 Å². The lowest BCUT2D eigenvalue weighted by atomic mass is 9.65. The molecule has 3 rings (SSSR count). The third-order valence-corrected chi connectivity index (χ3v) is 7.45. The van der Waals surface area contributed by atoms with E-state index in [0.29, 0.717) is 25.7 Å². The Morgan fingerprint density at radius 2 is 1.84 bits per heavy atom. The lowest BCUT2D eigenvalue weighted by Crippen LogP contribution is -2.59. The van der Waals surface area contributed by atoms with E-state index in [1.54, 1.807) is 11.9 Å². The highest BCUT2D eigenvalue weighted by molar-refractivity contribution is 5.99. The molecule has 5 atom stereocenters. The van der Waals surface area contributed by atoms with Gasteiger partial charge in [0.05, 0.1) is 17.4 Å². The van der Waals surface area contributed by atoms with Crippen molar-refractivity contribution in [3.8, 4) is 0 Å². The number of likely N-dealkylation sites (tertiary alicyclic amines) is 1. The van der Waals surface area contributed by atoms with E-state index in [0.717, 1.165) is 6.42 Å². The van der Waals surface area contributed by atoms with Crippen molar-refractivity contribution in [1.29, 1.82) is 0 Å². The van der Waals surface area contributed by atoms with Gasteiger partial charge in [-0.05, 0) is 51.4 Å². The maximum Gasteiger partial charge on any atom is 0.246 e. The van der Waals surface area contributed by atoms with Gasteiger partial charge in [0, 0.05) is 25.7 Å². The Balaban J connectivity index is 2.01. The number of carbonyl (C=O) groups excluding carboxylic acids is 3. The second-order valence-corrected chi connectivity index (χ2v) is 11.7. The summed E-state index contributed by atoms with van der Waals surface area (Å²) in [5.74, 6) is -1.96. The molecule has 8 nitrogen and oxygen atoms in total. The Kier molecular flexibility index (Phi) is 6.46. The van der Waals surface area contributed by atoms with Crippen LogP contribution in [0.1, 0.15) is 73.6 Å². The van der Waals surface area contributed by atoms with Crippen molar-refractivity contribution in [1.82, 2.24) is 15.5 Å². The van der Waals surface area contributed by atoms with E-state index < -0.39 is 34.6 Å². The normalized spacial score (nSPS) is 34.1. The number of nitrogens with one attached hydrogen (secondary N) is 2. The fourth-order valence-electron chi connectivity index (χ4n) is 6.83. The fourth-order valence-corrected chi connectivity index (χ4v) is 6.83. The van der Waals surface area contributed by atoms with Crippen LogP contribution in [0, 0.1) is 17.3 Å². The Morgan fingerprint density at radius 1 is 1.19 bits per heavy atom. The molecule has 3 fully saturated rings. The van der Waals surface area contributed by atoms with Crippen LogP contribution in [0.3, 0.4) is 0 Å². The van der Waals surface area contributed by atoms with Crippen molar-refractivity contribution >= 4 is 17.7 Å². The third-order valence-electron chi connectivity index (χ3n) is 7.45. The van der Waals surface area contributed by atoms with E-state index in [2.05, 4.69) is 31.4 Å².